The third-order valence-electron chi connectivity index (χ3n) is 5.09. The maximum atomic E-state index is 13.3. The second-order valence-corrected chi connectivity index (χ2v) is 6.90. The van der Waals surface area contributed by atoms with Crippen molar-refractivity contribution in [3.63, 3.8) is 0 Å². The van der Waals surface area contributed by atoms with Gasteiger partial charge in [0.2, 0.25) is 0 Å². The van der Waals surface area contributed by atoms with Crippen molar-refractivity contribution in [2.45, 2.75) is 31.3 Å². The number of amides is 1. The summed E-state index contributed by atoms with van der Waals surface area (Å²) >= 11 is 0. The number of morpholine rings is 1. The molecule has 0 aliphatic carbocycles. The molecule has 0 bridgehead atoms. The number of nitrogens with zero attached hydrogens (tertiary/aromatic N) is 4. The van der Waals surface area contributed by atoms with E-state index in [1.807, 2.05) is 41.4 Å². The molecule has 7 nitrogen and oxygen atoms in total. The summed E-state index contributed by atoms with van der Waals surface area (Å²) in [6.07, 6.45) is 5.21. The Hall–Kier alpha value is -2.25. The van der Waals surface area contributed by atoms with Crippen molar-refractivity contribution >= 4 is 5.91 Å². The van der Waals surface area contributed by atoms with Gasteiger partial charge in [-0.05, 0) is 24.8 Å². The SMILES string of the molecule is O=C(C(c1ccccc1)n1cc(C2COCCN2)nn1)N1CCCCC1. The molecule has 1 N–H and O–H groups in total. The molecule has 0 saturated carbocycles. The zero-order chi connectivity index (χ0) is 17.8. The highest BCUT2D eigenvalue weighted by molar-refractivity contribution is 5.83. The first-order valence-corrected chi connectivity index (χ1v) is 9.39. The van der Waals surface area contributed by atoms with Crippen molar-refractivity contribution in [1.82, 2.24) is 25.2 Å². The summed E-state index contributed by atoms with van der Waals surface area (Å²) in [5.41, 5.74) is 1.75. The lowest BCUT2D eigenvalue weighted by molar-refractivity contribution is -0.134. The van der Waals surface area contributed by atoms with Gasteiger partial charge in [0.25, 0.3) is 5.91 Å². The molecule has 26 heavy (non-hydrogen) atoms. The predicted octanol–water partition coefficient (Wildman–Crippen LogP) is 1.54. The molecular formula is C19H25N5O2. The highest BCUT2D eigenvalue weighted by atomic mass is 16.5. The first-order chi connectivity index (χ1) is 12.8. The van der Waals surface area contributed by atoms with E-state index in [0.717, 1.165) is 43.7 Å². The molecule has 7 heteroatoms. The molecule has 3 heterocycles. The topological polar surface area (TPSA) is 72.3 Å². The van der Waals surface area contributed by atoms with Crippen LogP contribution in [0.1, 0.15) is 42.6 Å². The van der Waals surface area contributed by atoms with E-state index >= 15 is 0 Å². The number of aromatic nitrogens is 3. The van der Waals surface area contributed by atoms with Gasteiger partial charge in [0.1, 0.15) is 5.69 Å². The minimum absolute atomic E-state index is 0.0269. The Morgan fingerprint density at radius 2 is 2.00 bits per heavy atom. The van der Waals surface area contributed by atoms with Crippen molar-refractivity contribution in [2.24, 2.45) is 0 Å². The number of piperidine rings is 1. The lowest BCUT2D eigenvalue weighted by Crippen LogP contribution is -2.41. The van der Waals surface area contributed by atoms with Crippen LogP contribution in [0.25, 0.3) is 0 Å². The molecule has 2 saturated heterocycles. The summed E-state index contributed by atoms with van der Waals surface area (Å²) in [7, 11) is 0. The first kappa shape index (κ1) is 17.2. The Labute approximate surface area is 153 Å². The summed E-state index contributed by atoms with van der Waals surface area (Å²) < 4.78 is 7.23. The Balaban J connectivity index is 1.62. The number of carbonyl (C=O) groups is 1. The number of carbonyl (C=O) groups excluding carboxylic acids is 1. The third-order valence-corrected chi connectivity index (χ3v) is 5.09. The van der Waals surface area contributed by atoms with Crippen molar-refractivity contribution in [2.75, 3.05) is 32.8 Å². The second kappa shape index (κ2) is 7.97. The van der Waals surface area contributed by atoms with E-state index in [0.29, 0.717) is 13.2 Å². The Morgan fingerprint density at radius 3 is 2.73 bits per heavy atom. The number of ether oxygens (including phenoxy) is 1. The van der Waals surface area contributed by atoms with Crippen LogP contribution in [0.3, 0.4) is 0 Å². The first-order valence-electron chi connectivity index (χ1n) is 9.39. The lowest BCUT2D eigenvalue weighted by Gasteiger charge is -2.30. The molecule has 138 valence electrons. The molecule has 1 aromatic carbocycles. The van der Waals surface area contributed by atoms with Gasteiger partial charge in [0.05, 0.1) is 25.5 Å². The largest absolute Gasteiger partial charge is 0.378 e. The minimum atomic E-state index is -0.472. The highest BCUT2D eigenvalue weighted by Crippen LogP contribution is 2.24. The standard InChI is InChI=1S/C19H25N5O2/c25-19(23-10-5-2-6-11-23)18(15-7-3-1-4-8-15)24-13-16(21-22-24)17-14-26-12-9-20-17/h1,3-4,7-8,13,17-18,20H,2,5-6,9-12,14H2. The molecule has 2 unspecified atom stereocenters. The molecule has 2 aliphatic heterocycles. The highest BCUT2D eigenvalue weighted by Gasteiger charge is 2.30. The normalized spacial score (nSPS) is 22.2. The third kappa shape index (κ3) is 3.64. The van der Waals surface area contributed by atoms with Gasteiger partial charge >= 0.3 is 0 Å². The Bertz CT molecular complexity index is 721. The Morgan fingerprint density at radius 1 is 1.19 bits per heavy atom. The van der Waals surface area contributed by atoms with Gasteiger partial charge in [-0.2, -0.15) is 0 Å². The van der Waals surface area contributed by atoms with Crippen LogP contribution >= 0.6 is 0 Å². The van der Waals surface area contributed by atoms with Crippen LogP contribution in [0.4, 0.5) is 0 Å². The number of rotatable bonds is 4. The molecule has 2 fully saturated rings. The van der Waals surface area contributed by atoms with Crippen LogP contribution in [0.15, 0.2) is 36.5 Å². The summed E-state index contributed by atoms with van der Waals surface area (Å²) in [6, 6.07) is 9.40. The number of hydrogen-bond acceptors (Lipinski definition) is 5. The maximum absolute atomic E-state index is 13.3. The summed E-state index contributed by atoms with van der Waals surface area (Å²) in [5.74, 6) is 0.0974. The van der Waals surface area contributed by atoms with Crippen molar-refractivity contribution in [3.05, 3.63) is 47.8 Å². The van der Waals surface area contributed by atoms with E-state index < -0.39 is 6.04 Å². The van der Waals surface area contributed by atoms with Gasteiger partial charge in [-0.3, -0.25) is 4.79 Å². The number of benzene rings is 1. The Kier molecular flexibility index (Phi) is 5.26. The van der Waals surface area contributed by atoms with Crippen LogP contribution in [-0.4, -0.2) is 58.6 Å². The average Bonchev–Trinajstić information content (AvgIpc) is 3.20. The number of nitrogens with one attached hydrogen (secondary N) is 1. The molecule has 2 aromatic rings. The van der Waals surface area contributed by atoms with Gasteiger partial charge < -0.3 is 15.0 Å². The predicted molar refractivity (Wildman–Crippen MR) is 96.6 cm³/mol. The van der Waals surface area contributed by atoms with Crippen molar-refractivity contribution in [1.29, 1.82) is 0 Å². The molecule has 0 spiro atoms. The van der Waals surface area contributed by atoms with Gasteiger partial charge in [-0.25, -0.2) is 4.68 Å². The monoisotopic (exact) mass is 355 g/mol. The lowest BCUT2D eigenvalue weighted by atomic mass is 10.0. The summed E-state index contributed by atoms with van der Waals surface area (Å²) in [5, 5.41) is 12.0. The van der Waals surface area contributed by atoms with E-state index in [9.17, 15) is 4.79 Å². The van der Waals surface area contributed by atoms with Crippen LogP contribution in [0, 0.1) is 0 Å². The summed E-state index contributed by atoms with van der Waals surface area (Å²) in [4.78, 5) is 15.2. The maximum Gasteiger partial charge on any atom is 0.252 e. The average molecular weight is 355 g/mol. The quantitative estimate of drug-likeness (QED) is 0.901. The molecule has 2 aliphatic rings. The molecule has 0 radical (unpaired) electrons. The molecule has 2 atom stereocenters. The van der Waals surface area contributed by atoms with Crippen LogP contribution in [-0.2, 0) is 9.53 Å². The van der Waals surface area contributed by atoms with Gasteiger partial charge in [0.15, 0.2) is 6.04 Å². The van der Waals surface area contributed by atoms with Gasteiger partial charge in [-0.15, -0.1) is 5.10 Å². The van der Waals surface area contributed by atoms with Crippen LogP contribution in [0.5, 0.6) is 0 Å². The van der Waals surface area contributed by atoms with Crippen molar-refractivity contribution in [3.8, 4) is 0 Å². The number of hydrogen-bond donors (Lipinski definition) is 1. The second-order valence-electron chi connectivity index (χ2n) is 6.90. The molecular weight excluding hydrogens is 330 g/mol. The van der Waals surface area contributed by atoms with Gasteiger partial charge in [0, 0.05) is 19.6 Å². The fraction of sp³-hybridized carbons (Fsp3) is 0.526. The smallest absolute Gasteiger partial charge is 0.252 e. The molecule has 1 amide bonds. The summed E-state index contributed by atoms with van der Waals surface area (Å²) in [6.45, 7) is 3.73. The van der Waals surface area contributed by atoms with E-state index in [1.54, 1.807) is 4.68 Å². The zero-order valence-corrected chi connectivity index (χ0v) is 14.9. The fourth-order valence-corrected chi connectivity index (χ4v) is 3.66. The van der Waals surface area contributed by atoms with Crippen LogP contribution < -0.4 is 5.32 Å². The van der Waals surface area contributed by atoms with E-state index in [2.05, 4.69) is 15.6 Å². The van der Waals surface area contributed by atoms with Crippen molar-refractivity contribution < 1.29 is 9.53 Å². The minimum Gasteiger partial charge on any atom is -0.378 e. The molecule has 4 rings (SSSR count). The van der Waals surface area contributed by atoms with E-state index in [4.69, 9.17) is 4.74 Å². The molecule has 1 aromatic heterocycles. The van der Waals surface area contributed by atoms with E-state index in [-0.39, 0.29) is 11.9 Å². The fourth-order valence-electron chi connectivity index (χ4n) is 3.66. The zero-order valence-electron chi connectivity index (χ0n) is 14.9. The number of likely N-dealkylation sites (tertiary alicyclic amines) is 1. The van der Waals surface area contributed by atoms with Crippen LogP contribution in [0.2, 0.25) is 0 Å². The van der Waals surface area contributed by atoms with Gasteiger partial charge in [-0.1, -0.05) is 35.5 Å². The van der Waals surface area contributed by atoms with E-state index in [1.165, 1.54) is 6.42 Å².